The van der Waals surface area contributed by atoms with E-state index in [1.165, 1.54) is 18.4 Å². The molecule has 6 nitrogen and oxygen atoms in total. The summed E-state index contributed by atoms with van der Waals surface area (Å²) in [6.07, 6.45) is 3.46. The first-order valence-corrected chi connectivity index (χ1v) is 5.51. The van der Waals surface area contributed by atoms with Gasteiger partial charge >= 0.3 is 5.97 Å². The molecule has 1 amide bonds. The van der Waals surface area contributed by atoms with Crippen molar-refractivity contribution < 1.29 is 24.2 Å². The Hall–Kier alpha value is -2.08. The van der Waals surface area contributed by atoms with Crippen LogP contribution in [0.4, 0.5) is 0 Å². The van der Waals surface area contributed by atoms with Gasteiger partial charge in [-0.3, -0.25) is 4.79 Å². The van der Waals surface area contributed by atoms with Crippen molar-refractivity contribution in [1.29, 1.82) is 0 Å². The fourth-order valence-corrected chi connectivity index (χ4v) is 1.93. The van der Waals surface area contributed by atoms with E-state index < -0.39 is 24.0 Å². The molecule has 2 rings (SSSR count). The van der Waals surface area contributed by atoms with E-state index in [-0.39, 0.29) is 13.0 Å². The van der Waals surface area contributed by atoms with Gasteiger partial charge in [-0.2, -0.15) is 0 Å². The second kappa shape index (κ2) is 5.05. The Kier molecular flexibility index (Phi) is 3.47. The molecule has 6 heteroatoms. The number of amides is 1. The van der Waals surface area contributed by atoms with Crippen LogP contribution in [0, 0.1) is 0 Å². The van der Waals surface area contributed by atoms with Gasteiger partial charge in [0, 0.05) is 19.0 Å². The van der Waals surface area contributed by atoms with Gasteiger partial charge in [-0.1, -0.05) is 0 Å². The first-order valence-electron chi connectivity index (χ1n) is 5.51. The summed E-state index contributed by atoms with van der Waals surface area (Å²) in [6, 6.07) is 2.40. The lowest BCUT2D eigenvalue weighted by Gasteiger charge is -2.18. The van der Waals surface area contributed by atoms with Crippen LogP contribution >= 0.6 is 0 Å². The van der Waals surface area contributed by atoms with Gasteiger partial charge in [0.2, 0.25) is 5.91 Å². The molecular formula is C12H13NO5. The lowest BCUT2D eigenvalue weighted by Crippen LogP contribution is -2.39. The molecule has 0 aromatic carbocycles. The molecule has 0 radical (unpaired) electrons. The fourth-order valence-electron chi connectivity index (χ4n) is 1.93. The number of rotatable bonds is 3. The van der Waals surface area contributed by atoms with Crippen LogP contribution in [0.25, 0.3) is 6.08 Å². The maximum Gasteiger partial charge on any atom is 0.326 e. The number of likely N-dealkylation sites (tertiary alicyclic amines) is 1. The molecule has 2 N–H and O–H groups in total. The lowest BCUT2D eigenvalue weighted by molar-refractivity contribution is -0.146. The Morgan fingerprint density at radius 2 is 2.28 bits per heavy atom. The molecular weight excluding hydrogens is 238 g/mol. The van der Waals surface area contributed by atoms with Crippen molar-refractivity contribution in [2.45, 2.75) is 18.6 Å². The third-order valence-corrected chi connectivity index (χ3v) is 2.78. The zero-order valence-corrected chi connectivity index (χ0v) is 9.52. The topological polar surface area (TPSA) is 91.0 Å². The molecule has 1 fully saturated rings. The number of hydrogen-bond donors (Lipinski definition) is 2. The minimum Gasteiger partial charge on any atom is -0.480 e. The monoisotopic (exact) mass is 251 g/mol. The van der Waals surface area contributed by atoms with Gasteiger partial charge in [0.25, 0.3) is 0 Å². The number of β-amino-alcohol motifs (C(OH)–C–C–N with tert-alkyl or cyclic N) is 1. The van der Waals surface area contributed by atoms with Crippen molar-refractivity contribution in [3.8, 4) is 0 Å². The predicted molar refractivity (Wildman–Crippen MR) is 61.5 cm³/mol. The average molecular weight is 251 g/mol. The Bertz CT molecular complexity index is 465. The predicted octanol–water partition coefficient (Wildman–Crippen LogP) is 0.339. The van der Waals surface area contributed by atoms with Crippen molar-refractivity contribution in [3.63, 3.8) is 0 Å². The highest BCUT2D eigenvalue weighted by Gasteiger charge is 2.37. The largest absolute Gasteiger partial charge is 0.480 e. The minimum atomic E-state index is -1.11. The highest BCUT2D eigenvalue weighted by atomic mass is 16.4. The molecule has 2 heterocycles. The molecule has 0 unspecified atom stereocenters. The molecule has 1 aliphatic rings. The lowest BCUT2D eigenvalue weighted by atomic mass is 10.2. The number of furan rings is 1. The Morgan fingerprint density at radius 3 is 2.89 bits per heavy atom. The molecule has 1 aromatic rings. The van der Waals surface area contributed by atoms with E-state index in [9.17, 15) is 14.7 Å². The maximum atomic E-state index is 11.8. The molecule has 0 aliphatic carbocycles. The standard InChI is InChI=1S/C12H13NO5/c14-8-6-10(12(16)17)13(7-8)11(15)4-3-9-2-1-5-18-9/h1-5,8,10,14H,6-7H2,(H,16,17)/t8-,10-/m0/s1. The van der Waals surface area contributed by atoms with Gasteiger partial charge < -0.3 is 19.5 Å². The molecule has 1 aromatic heterocycles. The van der Waals surface area contributed by atoms with Crippen molar-refractivity contribution in [2.24, 2.45) is 0 Å². The zero-order valence-electron chi connectivity index (χ0n) is 9.52. The number of carboxylic acids is 1. The van der Waals surface area contributed by atoms with Crippen LogP contribution in [0.1, 0.15) is 12.2 Å². The summed E-state index contributed by atoms with van der Waals surface area (Å²) >= 11 is 0. The SMILES string of the molecule is O=C(O)[C@@H]1C[C@H](O)CN1C(=O)C=Cc1ccco1. The second-order valence-electron chi connectivity index (χ2n) is 4.08. The number of carbonyl (C=O) groups is 2. The molecule has 0 spiro atoms. The molecule has 1 aliphatic heterocycles. The summed E-state index contributed by atoms with van der Waals surface area (Å²) < 4.78 is 5.02. The van der Waals surface area contributed by atoms with E-state index in [0.29, 0.717) is 5.76 Å². The van der Waals surface area contributed by atoms with Gasteiger partial charge in [0.05, 0.1) is 12.4 Å². The maximum absolute atomic E-state index is 11.8. The van der Waals surface area contributed by atoms with E-state index in [0.717, 1.165) is 4.90 Å². The highest BCUT2D eigenvalue weighted by Crippen LogP contribution is 2.18. The normalized spacial score (nSPS) is 23.7. The highest BCUT2D eigenvalue weighted by molar-refractivity contribution is 5.94. The van der Waals surface area contributed by atoms with Crippen LogP contribution in [-0.4, -0.2) is 45.7 Å². The van der Waals surface area contributed by atoms with Crippen molar-refractivity contribution in [2.75, 3.05) is 6.54 Å². The number of carbonyl (C=O) groups excluding carboxylic acids is 1. The molecule has 0 saturated carbocycles. The van der Waals surface area contributed by atoms with Crippen LogP contribution in [-0.2, 0) is 9.59 Å². The van der Waals surface area contributed by atoms with Gasteiger partial charge in [0.1, 0.15) is 11.8 Å². The Balaban J connectivity index is 2.06. The van der Waals surface area contributed by atoms with Crippen LogP contribution < -0.4 is 0 Å². The van der Waals surface area contributed by atoms with Crippen LogP contribution in [0.2, 0.25) is 0 Å². The third-order valence-electron chi connectivity index (χ3n) is 2.78. The molecule has 0 bridgehead atoms. The number of carboxylic acid groups (broad SMARTS) is 1. The van der Waals surface area contributed by atoms with Crippen molar-refractivity contribution in [1.82, 2.24) is 4.90 Å². The summed E-state index contributed by atoms with van der Waals surface area (Å²) in [5.74, 6) is -1.04. The van der Waals surface area contributed by atoms with Crippen LogP contribution in [0.5, 0.6) is 0 Å². The molecule has 18 heavy (non-hydrogen) atoms. The first-order chi connectivity index (χ1) is 8.58. The number of aliphatic hydroxyl groups excluding tert-OH is 1. The van der Waals surface area contributed by atoms with Gasteiger partial charge in [-0.15, -0.1) is 0 Å². The van der Waals surface area contributed by atoms with Crippen molar-refractivity contribution >= 4 is 18.0 Å². The Labute approximate surface area is 103 Å². The fraction of sp³-hybridized carbons (Fsp3) is 0.333. The quantitative estimate of drug-likeness (QED) is 0.756. The number of aliphatic hydroxyl groups is 1. The van der Waals surface area contributed by atoms with Gasteiger partial charge in [-0.05, 0) is 18.2 Å². The zero-order chi connectivity index (χ0) is 13.1. The Morgan fingerprint density at radius 1 is 1.50 bits per heavy atom. The van der Waals surface area contributed by atoms with E-state index in [4.69, 9.17) is 9.52 Å². The van der Waals surface area contributed by atoms with Gasteiger partial charge in [0.15, 0.2) is 0 Å². The molecule has 2 atom stereocenters. The molecule has 1 saturated heterocycles. The second-order valence-corrected chi connectivity index (χ2v) is 4.08. The van der Waals surface area contributed by atoms with Gasteiger partial charge in [-0.25, -0.2) is 4.79 Å². The van der Waals surface area contributed by atoms with E-state index in [2.05, 4.69) is 0 Å². The van der Waals surface area contributed by atoms with Crippen LogP contribution in [0.15, 0.2) is 28.9 Å². The summed E-state index contributed by atoms with van der Waals surface area (Å²) in [4.78, 5) is 23.9. The summed E-state index contributed by atoms with van der Waals surface area (Å²) in [5.41, 5.74) is 0. The smallest absolute Gasteiger partial charge is 0.326 e. The number of hydrogen-bond acceptors (Lipinski definition) is 4. The van der Waals surface area contributed by atoms with Crippen molar-refractivity contribution in [3.05, 3.63) is 30.2 Å². The molecule has 96 valence electrons. The number of aliphatic carboxylic acids is 1. The summed E-state index contributed by atoms with van der Waals surface area (Å²) in [6.45, 7) is 0.0400. The van der Waals surface area contributed by atoms with Crippen LogP contribution in [0.3, 0.4) is 0 Å². The van der Waals surface area contributed by atoms with E-state index in [1.807, 2.05) is 0 Å². The third kappa shape index (κ3) is 2.60. The summed E-state index contributed by atoms with van der Waals surface area (Å²) in [5, 5.41) is 18.4. The summed E-state index contributed by atoms with van der Waals surface area (Å²) in [7, 11) is 0. The first kappa shape index (κ1) is 12.4. The number of nitrogens with zero attached hydrogens (tertiary/aromatic N) is 1. The van der Waals surface area contributed by atoms with E-state index in [1.54, 1.807) is 12.1 Å². The minimum absolute atomic E-state index is 0.0400. The average Bonchev–Trinajstić information content (AvgIpc) is 2.94. The van der Waals surface area contributed by atoms with E-state index >= 15 is 0 Å².